The second-order valence-electron chi connectivity index (χ2n) is 3.68. The number of amides is 1. The van der Waals surface area contributed by atoms with E-state index in [9.17, 15) is 9.59 Å². The minimum atomic E-state index is -0.528. The lowest BCUT2D eigenvalue weighted by atomic mass is 9.86. The molecular weight excluding hydrogens is 182 g/mol. The predicted molar refractivity (Wildman–Crippen MR) is 51.4 cm³/mol. The van der Waals surface area contributed by atoms with Gasteiger partial charge < -0.3 is 0 Å². The second kappa shape index (κ2) is 5.10. The van der Waals surface area contributed by atoms with Gasteiger partial charge in [0.25, 0.3) is 0 Å². The molecule has 0 bridgehead atoms. The highest BCUT2D eigenvalue weighted by atomic mass is 16.7. The van der Waals surface area contributed by atoms with Crippen LogP contribution in [0.5, 0.6) is 0 Å². The van der Waals surface area contributed by atoms with Crippen molar-refractivity contribution in [1.29, 1.82) is 0 Å². The van der Waals surface area contributed by atoms with Gasteiger partial charge in [-0.3, -0.25) is 14.4 Å². The van der Waals surface area contributed by atoms with Crippen LogP contribution in [0.4, 0.5) is 0 Å². The molecule has 0 aromatic carbocycles. The number of likely N-dealkylation sites (N-methyl/N-ethyl adjacent to an activating group) is 1. The fourth-order valence-electron chi connectivity index (χ4n) is 1.78. The van der Waals surface area contributed by atoms with Crippen molar-refractivity contribution in [2.45, 2.75) is 32.1 Å². The Morgan fingerprint density at radius 1 is 1.21 bits per heavy atom. The Balaban J connectivity index is 2.50. The van der Waals surface area contributed by atoms with Crippen molar-refractivity contribution < 1.29 is 14.4 Å². The first-order valence-corrected chi connectivity index (χ1v) is 5.03. The van der Waals surface area contributed by atoms with Crippen LogP contribution in [0.2, 0.25) is 0 Å². The van der Waals surface area contributed by atoms with Crippen LogP contribution < -0.4 is 0 Å². The lowest BCUT2D eigenvalue weighted by Gasteiger charge is -2.21. The van der Waals surface area contributed by atoms with Gasteiger partial charge in [0.15, 0.2) is 0 Å². The van der Waals surface area contributed by atoms with Gasteiger partial charge >= 0.3 is 5.91 Å². The van der Waals surface area contributed by atoms with E-state index in [1.165, 1.54) is 20.6 Å². The van der Waals surface area contributed by atoms with Crippen molar-refractivity contribution in [3.05, 3.63) is 0 Å². The zero-order valence-electron chi connectivity index (χ0n) is 8.78. The molecule has 1 saturated carbocycles. The molecule has 0 heterocycles. The van der Waals surface area contributed by atoms with Crippen LogP contribution in [0.3, 0.4) is 0 Å². The molecule has 1 amide bonds. The maximum atomic E-state index is 11.6. The molecule has 0 saturated heterocycles. The van der Waals surface area contributed by atoms with E-state index in [-0.39, 0.29) is 11.7 Å². The largest absolute Gasteiger partial charge is 0.313 e. The number of hydroxylamine groups is 2. The third-order valence-electron chi connectivity index (χ3n) is 2.75. The molecule has 1 rings (SSSR count). The highest BCUT2D eigenvalue weighted by Crippen LogP contribution is 2.24. The fraction of sp³-hybridized carbons (Fsp3) is 0.800. The van der Waals surface area contributed by atoms with Gasteiger partial charge in [-0.05, 0) is 12.8 Å². The van der Waals surface area contributed by atoms with Crippen molar-refractivity contribution >= 4 is 11.7 Å². The molecule has 0 unspecified atom stereocenters. The summed E-state index contributed by atoms with van der Waals surface area (Å²) in [6.45, 7) is 0. The highest BCUT2D eigenvalue weighted by molar-refractivity contribution is 6.36. The quantitative estimate of drug-likeness (QED) is 0.506. The lowest BCUT2D eigenvalue weighted by molar-refractivity contribution is -0.174. The first-order valence-electron chi connectivity index (χ1n) is 5.03. The van der Waals surface area contributed by atoms with E-state index in [0.717, 1.165) is 30.7 Å². The van der Waals surface area contributed by atoms with Crippen molar-refractivity contribution in [3.8, 4) is 0 Å². The maximum Gasteiger partial charge on any atom is 0.313 e. The number of hydrogen-bond donors (Lipinski definition) is 0. The van der Waals surface area contributed by atoms with Gasteiger partial charge in [0.05, 0.1) is 7.11 Å². The summed E-state index contributed by atoms with van der Waals surface area (Å²) in [6, 6.07) is 0. The summed E-state index contributed by atoms with van der Waals surface area (Å²) in [5.74, 6) is -0.901. The van der Waals surface area contributed by atoms with Crippen LogP contribution in [0.1, 0.15) is 32.1 Å². The Morgan fingerprint density at radius 3 is 2.29 bits per heavy atom. The van der Waals surface area contributed by atoms with Crippen molar-refractivity contribution in [2.75, 3.05) is 14.2 Å². The molecule has 80 valence electrons. The topological polar surface area (TPSA) is 46.6 Å². The second-order valence-corrected chi connectivity index (χ2v) is 3.68. The summed E-state index contributed by atoms with van der Waals surface area (Å²) in [5.41, 5.74) is 0. The normalized spacial score (nSPS) is 17.9. The van der Waals surface area contributed by atoms with E-state index in [4.69, 9.17) is 0 Å². The molecule has 14 heavy (non-hydrogen) atoms. The van der Waals surface area contributed by atoms with Gasteiger partial charge in [0.1, 0.15) is 0 Å². The molecule has 0 radical (unpaired) electrons. The Bertz CT molecular complexity index is 221. The highest BCUT2D eigenvalue weighted by Gasteiger charge is 2.28. The summed E-state index contributed by atoms with van der Waals surface area (Å²) in [5, 5.41) is 0.997. The molecule has 0 aliphatic heterocycles. The SMILES string of the molecule is CON(C)C(=O)C(=O)C1CCCCC1. The first kappa shape index (κ1) is 11.2. The summed E-state index contributed by atoms with van der Waals surface area (Å²) in [4.78, 5) is 27.7. The lowest BCUT2D eigenvalue weighted by Crippen LogP contribution is -2.37. The van der Waals surface area contributed by atoms with Crippen molar-refractivity contribution in [2.24, 2.45) is 5.92 Å². The van der Waals surface area contributed by atoms with Gasteiger partial charge in [-0.1, -0.05) is 19.3 Å². The zero-order valence-corrected chi connectivity index (χ0v) is 8.78. The number of carbonyl (C=O) groups is 2. The van der Waals surface area contributed by atoms with Crippen LogP contribution >= 0.6 is 0 Å². The molecule has 0 spiro atoms. The Hall–Kier alpha value is -0.900. The molecule has 0 N–H and O–H groups in total. The van der Waals surface area contributed by atoms with Crippen molar-refractivity contribution in [1.82, 2.24) is 5.06 Å². The Labute approximate surface area is 84.2 Å². The number of Topliss-reactive ketones (excluding diaryl/α,β-unsaturated/α-hetero) is 1. The first-order chi connectivity index (χ1) is 6.66. The number of rotatable bonds is 3. The molecule has 4 nitrogen and oxygen atoms in total. The van der Waals surface area contributed by atoms with Gasteiger partial charge in [-0.25, -0.2) is 5.06 Å². The average Bonchev–Trinajstić information content (AvgIpc) is 2.27. The van der Waals surface area contributed by atoms with Gasteiger partial charge in [-0.15, -0.1) is 0 Å². The molecule has 0 aromatic rings. The number of nitrogens with zero attached hydrogens (tertiary/aromatic N) is 1. The van der Waals surface area contributed by atoms with Gasteiger partial charge in [0.2, 0.25) is 5.78 Å². The monoisotopic (exact) mass is 199 g/mol. The Kier molecular flexibility index (Phi) is 4.07. The average molecular weight is 199 g/mol. The minimum Gasteiger partial charge on any atom is -0.288 e. The molecule has 0 aromatic heterocycles. The van der Waals surface area contributed by atoms with E-state index >= 15 is 0 Å². The molecule has 1 aliphatic rings. The van der Waals surface area contributed by atoms with Crippen LogP contribution in [-0.2, 0) is 14.4 Å². The summed E-state index contributed by atoms with van der Waals surface area (Å²) < 4.78 is 0. The smallest absolute Gasteiger partial charge is 0.288 e. The molecule has 4 heteroatoms. The van der Waals surface area contributed by atoms with Crippen LogP contribution in [0, 0.1) is 5.92 Å². The summed E-state index contributed by atoms with van der Waals surface area (Å²) >= 11 is 0. The number of ketones is 1. The van der Waals surface area contributed by atoms with Gasteiger partial charge in [0, 0.05) is 13.0 Å². The van der Waals surface area contributed by atoms with E-state index < -0.39 is 5.91 Å². The molecule has 1 fully saturated rings. The predicted octanol–water partition coefficient (Wildman–Crippen LogP) is 1.16. The van der Waals surface area contributed by atoms with E-state index in [1.807, 2.05) is 0 Å². The molecule has 0 atom stereocenters. The molecule has 1 aliphatic carbocycles. The van der Waals surface area contributed by atoms with E-state index in [1.54, 1.807) is 0 Å². The number of carbonyl (C=O) groups excluding carboxylic acids is 2. The fourth-order valence-corrected chi connectivity index (χ4v) is 1.78. The summed E-state index contributed by atoms with van der Waals surface area (Å²) in [6.07, 6.45) is 4.99. The van der Waals surface area contributed by atoms with Crippen LogP contribution in [-0.4, -0.2) is 30.9 Å². The third-order valence-corrected chi connectivity index (χ3v) is 2.75. The molecular formula is C10H17NO3. The van der Waals surface area contributed by atoms with E-state index in [2.05, 4.69) is 4.84 Å². The van der Waals surface area contributed by atoms with Crippen LogP contribution in [0.25, 0.3) is 0 Å². The van der Waals surface area contributed by atoms with E-state index in [0.29, 0.717) is 0 Å². The Morgan fingerprint density at radius 2 is 1.79 bits per heavy atom. The van der Waals surface area contributed by atoms with Gasteiger partial charge in [-0.2, -0.15) is 0 Å². The third kappa shape index (κ3) is 2.54. The minimum absolute atomic E-state index is 0.0751. The van der Waals surface area contributed by atoms with Crippen LogP contribution in [0.15, 0.2) is 0 Å². The maximum absolute atomic E-state index is 11.6. The van der Waals surface area contributed by atoms with Crippen molar-refractivity contribution in [3.63, 3.8) is 0 Å². The number of hydrogen-bond acceptors (Lipinski definition) is 3. The summed E-state index contributed by atoms with van der Waals surface area (Å²) in [7, 11) is 2.84. The standard InChI is InChI=1S/C10H17NO3/c1-11(14-2)10(13)9(12)8-6-4-3-5-7-8/h8H,3-7H2,1-2H3. The zero-order chi connectivity index (χ0) is 10.6.